The Morgan fingerprint density at radius 1 is 0.919 bits per heavy atom. The number of rotatable bonds is 8. The van der Waals surface area contributed by atoms with E-state index in [1.165, 1.54) is 54.6 Å². The molecule has 0 amide bonds. The van der Waals surface area contributed by atoms with E-state index in [9.17, 15) is 35.2 Å². The first kappa shape index (κ1) is 26.3. The van der Waals surface area contributed by atoms with Crippen LogP contribution in [0.4, 0.5) is 22.0 Å². The Hall–Kier alpha value is -3.77. The Labute approximate surface area is 207 Å². The number of hydrogen-bond donors (Lipinski definition) is 2. The number of benzene rings is 3. The van der Waals surface area contributed by atoms with Crippen LogP contribution in [0.3, 0.4) is 0 Å². The van der Waals surface area contributed by atoms with Gasteiger partial charge in [0.1, 0.15) is 5.75 Å². The number of sulfonamides is 1. The molecule has 0 unspecified atom stereocenters. The molecule has 0 spiro atoms. The average molecular weight is 538 g/mol. The molecule has 0 radical (unpaired) electrons. The Balaban J connectivity index is 1.51. The largest absolute Gasteiger partial charge is 0.434 e. The van der Waals surface area contributed by atoms with Crippen molar-refractivity contribution < 1.29 is 35.1 Å². The number of pyridine rings is 1. The van der Waals surface area contributed by atoms with Crippen molar-refractivity contribution in [3.05, 3.63) is 105 Å². The molecule has 1 heterocycles. The fraction of sp³-hybridized carbons (Fsp3) is 0.160. The summed E-state index contributed by atoms with van der Waals surface area (Å²) in [5.74, 6) is -0.149. The SMILES string of the molecule is O=c1cc(C(F)(F)F)c2cc(Cc3ccc(S(=O)(=O)NCc4ccccc4OC(F)F)cc3)ccc2[nH]1. The molecule has 3 aromatic carbocycles. The highest BCUT2D eigenvalue weighted by Crippen LogP contribution is 2.33. The minimum Gasteiger partial charge on any atom is -0.434 e. The smallest absolute Gasteiger partial charge is 0.417 e. The lowest BCUT2D eigenvalue weighted by molar-refractivity contribution is -0.136. The summed E-state index contributed by atoms with van der Waals surface area (Å²) in [7, 11) is -4.00. The number of para-hydroxylation sites is 1. The van der Waals surface area contributed by atoms with Gasteiger partial charge in [-0.3, -0.25) is 4.79 Å². The first-order valence-corrected chi connectivity index (χ1v) is 12.3. The van der Waals surface area contributed by atoms with E-state index in [0.717, 1.165) is 0 Å². The minimum absolute atomic E-state index is 0.0524. The third-order valence-corrected chi connectivity index (χ3v) is 6.91. The molecule has 0 saturated carbocycles. The Morgan fingerprint density at radius 3 is 2.27 bits per heavy atom. The monoisotopic (exact) mass is 538 g/mol. The molecule has 1 aromatic heterocycles. The van der Waals surface area contributed by atoms with E-state index in [4.69, 9.17) is 0 Å². The van der Waals surface area contributed by atoms with Crippen LogP contribution in [0.15, 0.2) is 82.5 Å². The topological polar surface area (TPSA) is 88.3 Å². The maximum Gasteiger partial charge on any atom is 0.417 e. The van der Waals surface area contributed by atoms with E-state index in [1.807, 2.05) is 0 Å². The van der Waals surface area contributed by atoms with E-state index < -0.39 is 33.9 Å². The van der Waals surface area contributed by atoms with Crippen LogP contribution in [0.2, 0.25) is 0 Å². The van der Waals surface area contributed by atoms with Crippen molar-refractivity contribution in [3.8, 4) is 5.75 Å². The zero-order valence-corrected chi connectivity index (χ0v) is 19.7. The van der Waals surface area contributed by atoms with Crippen molar-refractivity contribution in [3.63, 3.8) is 0 Å². The summed E-state index contributed by atoms with van der Waals surface area (Å²) in [6.45, 7) is -3.34. The molecule has 12 heteroatoms. The molecule has 37 heavy (non-hydrogen) atoms. The van der Waals surface area contributed by atoms with Gasteiger partial charge in [0.15, 0.2) is 0 Å². The lowest BCUT2D eigenvalue weighted by Crippen LogP contribution is -2.23. The molecule has 194 valence electrons. The van der Waals surface area contributed by atoms with Gasteiger partial charge < -0.3 is 9.72 Å². The number of H-pyrrole nitrogens is 1. The van der Waals surface area contributed by atoms with Gasteiger partial charge in [0.25, 0.3) is 0 Å². The lowest BCUT2D eigenvalue weighted by Gasteiger charge is -2.12. The number of nitrogens with one attached hydrogen (secondary N) is 2. The molecule has 0 fully saturated rings. The van der Waals surface area contributed by atoms with E-state index in [0.29, 0.717) is 17.2 Å². The third kappa shape index (κ3) is 6.33. The van der Waals surface area contributed by atoms with Crippen LogP contribution in [0.25, 0.3) is 10.9 Å². The second-order valence-corrected chi connectivity index (χ2v) is 9.82. The van der Waals surface area contributed by atoms with Gasteiger partial charge in [0.2, 0.25) is 15.6 Å². The molecule has 0 bridgehead atoms. The van der Waals surface area contributed by atoms with Gasteiger partial charge in [-0.1, -0.05) is 36.4 Å². The quantitative estimate of drug-likeness (QED) is 0.301. The van der Waals surface area contributed by atoms with Crippen molar-refractivity contribution in [1.29, 1.82) is 0 Å². The molecule has 0 saturated heterocycles. The summed E-state index contributed by atoms with van der Waals surface area (Å²) >= 11 is 0. The number of halogens is 5. The molecule has 2 N–H and O–H groups in total. The fourth-order valence-corrected chi connectivity index (χ4v) is 4.79. The molecule has 0 aliphatic rings. The maximum absolute atomic E-state index is 13.4. The number of aromatic nitrogens is 1. The van der Waals surface area contributed by atoms with Gasteiger partial charge >= 0.3 is 12.8 Å². The van der Waals surface area contributed by atoms with E-state index in [1.54, 1.807) is 12.1 Å². The van der Waals surface area contributed by atoms with Crippen molar-refractivity contribution in [2.45, 2.75) is 30.6 Å². The van der Waals surface area contributed by atoms with Crippen molar-refractivity contribution in [2.75, 3.05) is 0 Å². The number of fused-ring (bicyclic) bond motifs is 1. The van der Waals surface area contributed by atoms with Gasteiger partial charge in [-0.15, -0.1) is 0 Å². The van der Waals surface area contributed by atoms with Gasteiger partial charge in [-0.2, -0.15) is 22.0 Å². The van der Waals surface area contributed by atoms with Crippen LogP contribution in [-0.4, -0.2) is 20.0 Å². The van der Waals surface area contributed by atoms with Crippen LogP contribution < -0.4 is 15.0 Å². The molecule has 0 aliphatic heterocycles. The lowest BCUT2D eigenvalue weighted by atomic mass is 10.0. The molecule has 6 nitrogen and oxygen atoms in total. The molecule has 0 aliphatic carbocycles. The summed E-state index contributed by atoms with van der Waals surface area (Å²) in [5.41, 5.74) is -0.471. The van der Waals surface area contributed by atoms with Crippen LogP contribution >= 0.6 is 0 Å². The summed E-state index contributed by atoms with van der Waals surface area (Å²) in [6.07, 6.45) is -4.50. The van der Waals surface area contributed by atoms with Crippen molar-refractivity contribution in [1.82, 2.24) is 9.71 Å². The van der Waals surface area contributed by atoms with Crippen molar-refractivity contribution >= 4 is 20.9 Å². The first-order valence-electron chi connectivity index (χ1n) is 10.8. The number of alkyl halides is 5. The second kappa shape index (κ2) is 10.3. The minimum atomic E-state index is -4.71. The normalized spacial score (nSPS) is 12.3. The maximum atomic E-state index is 13.4. The summed E-state index contributed by atoms with van der Waals surface area (Å²) < 4.78 is 97.5. The summed E-state index contributed by atoms with van der Waals surface area (Å²) in [5, 5.41) is -0.149. The number of aromatic amines is 1. The van der Waals surface area contributed by atoms with Crippen LogP contribution in [0, 0.1) is 0 Å². The highest BCUT2D eigenvalue weighted by molar-refractivity contribution is 7.89. The Bertz CT molecular complexity index is 1580. The average Bonchev–Trinajstić information content (AvgIpc) is 2.82. The predicted molar refractivity (Wildman–Crippen MR) is 126 cm³/mol. The van der Waals surface area contributed by atoms with Crippen LogP contribution in [0.5, 0.6) is 5.75 Å². The first-order chi connectivity index (χ1) is 17.4. The highest BCUT2D eigenvalue weighted by Gasteiger charge is 2.33. The Kier molecular flexibility index (Phi) is 7.32. The molecular weight excluding hydrogens is 519 g/mol. The molecule has 0 atom stereocenters. The molecule has 4 rings (SSSR count). The fourth-order valence-electron chi connectivity index (χ4n) is 3.78. The highest BCUT2D eigenvalue weighted by atomic mass is 32.2. The van der Waals surface area contributed by atoms with Gasteiger partial charge in [0, 0.05) is 29.1 Å². The second-order valence-electron chi connectivity index (χ2n) is 8.06. The van der Waals surface area contributed by atoms with Gasteiger partial charge in [0.05, 0.1) is 10.5 Å². The zero-order valence-electron chi connectivity index (χ0n) is 18.9. The van der Waals surface area contributed by atoms with Crippen LogP contribution in [0.1, 0.15) is 22.3 Å². The Morgan fingerprint density at radius 2 is 1.59 bits per heavy atom. The standard InChI is InChI=1S/C25H19F5N2O4S/c26-24(27)36-22-4-2-1-3-17(22)14-31-37(34,35)18-8-5-15(6-9-18)11-16-7-10-21-19(12-16)20(25(28,29)30)13-23(33)32-21/h1-10,12-13,24,31H,11,14H2,(H,32,33). The molecular formula is C25H19F5N2O4S. The van der Waals surface area contributed by atoms with E-state index in [-0.39, 0.29) is 40.1 Å². The van der Waals surface area contributed by atoms with E-state index >= 15 is 0 Å². The third-order valence-electron chi connectivity index (χ3n) is 5.50. The van der Waals surface area contributed by atoms with Gasteiger partial charge in [-0.05, 0) is 47.9 Å². The molecule has 4 aromatic rings. The van der Waals surface area contributed by atoms with Gasteiger partial charge in [-0.25, -0.2) is 13.1 Å². The predicted octanol–water partition coefficient (Wildman–Crippen LogP) is 5.22. The summed E-state index contributed by atoms with van der Waals surface area (Å²) in [6, 6.07) is 16.3. The van der Waals surface area contributed by atoms with Crippen LogP contribution in [-0.2, 0) is 29.2 Å². The van der Waals surface area contributed by atoms with Crippen molar-refractivity contribution in [2.24, 2.45) is 0 Å². The number of hydrogen-bond acceptors (Lipinski definition) is 4. The number of ether oxygens (including phenoxy) is 1. The van der Waals surface area contributed by atoms with E-state index in [2.05, 4.69) is 14.4 Å². The summed E-state index contributed by atoms with van der Waals surface area (Å²) in [4.78, 5) is 13.9. The zero-order chi connectivity index (χ0) is 26.8.